The zero-order chi connectivity index (χ0) is 25.3. The van der Waals surface area contributed by atoms with Crippen molar-refractivity contribution in [3.8, 4) is 0 Å². The summed E-state index contributed by atoms with van der Waals surface area (Å²) < 4.78 is 137. The normalized spacial score (nSPS) is 13.8. The van der Waals surface area contributed by atoms with E-state index in [4.69, 9.17) is 0 Å². The van der Waals surface area contributed by atoms with Crippen molar-refractivity contribution in [1.29, 1.82) is 0 Å². The van der Waals surface area contributed by atoms with Crippen molar-refractivity contribution in [3.05, 3.63) is 59.7 Å². The van der Waals surface area contributed by atoms with Gasteiger partial charge in [0, 0.05) is 10.4 Å². The van der Waals surface area contributed by atoms with Gasteiger partial charge in [-0.3, -0.25) is 7.74 Å². The van der Waals surface area contributed by atoms with E-state index < -0.39 is 50.2 Å². The van der Waals surface area contributed by atoms with Gasteiger partial charge >= 0.3 is 39.8 Å². The van der Waals surface area contributed by atoms with Gasteiger partial charge in [0.05, 0.1) is 0 Å². The van der Waals surface area contributed by atoms with Crippen LogP contribution >= 0.6 is 0 Å². The topological polar surface area (TPSA) is 86.7 Å². The lowest BCUT2D eigenvalue weighted by Crippen LogP contribution is -2.68. The molecule has 0 spiro atoms. The standard InChI is InChI=1S/C18H18F6O6S2Si/c1-3-13-9-5-7-11-15(13)33(29-31(25,26)17(19,20)21,30-32(27,28)18(22,23)24)16-12-8-6-10-14(16)4-2/h5-12H,3-4H2,1-2H3. The zero-order valence-corrected chi connectivity index (χ0v) is 19.7. The molecule has 0 bridgehead atoms. The van der Waals surface area contributed by atoms with Crippen LogP contribution < -0.4 is 10.4 Å². The number of hydrogen-bond donors (Lipinski definition) is 0. The number of halogens is 6. The average Bonchev–Trinajstić information content (AvgIpc) is 2.71. The third kappa shape index (κ3) is 5.42. The van der Waals surface area contributed by atoms with Crippen molar-refractivity contribution in [3.63, 3.8) is 0 Å². The molecule has 184 valence electrons. The minimum Gasteiger partial charge on any atom is -0.267 e. The van der Waals surface area contributed by atoms with Crippen molar-refractivity contribution in [1.82, 2.24) is 0 Å². The van der Waals surface area contributed by atoms with E-state index in [1.807, 2.05) is 0 Å². The molecule has 0 radical (unpaired) electrons. The molecule has 0 saturated heterocycles. The largest absolute Gasteiger partial charge is 0.522 e. The predicted octanol–water partition coefficient (Wildman–Crippen LogP) is 3.10. The molecular formula is C18H18F6O6S2Si. The fourth-order valence-corrected chi connectivity index (χ4v) is 10.4. The van der Waals surface area contributed by atoms with Crippen LogP contribution in [0.5, 0.6) is 0 Å². The molecule has 0 unspecified atom stereocenters. The molecule has 6 nitrogen and oxygen atoms in total. The van der Waals surface area contributed by atoms with E-state index in [0.29, 0.717) is 0 Å². The Morgan fingerprint density at radius 2 is 0.970 bits per heavy atom. The summed E-state index contributed by atoms with van der Waals surface area (Å²) in [5.41, 5.74) is -12.0. The van der Waals surface area contributed by atoms with E-state index in [1.165, 1.54) is 50.2 Å². The van der Waals surface area contributed by atoms with Gasteiger partial charge in [-0.05, 0) is 24.0 Å². The van der Waals surface area contributed by atoms with Gasteiger partial charge in [0.25, 0.3) is 0 Å². The lowest BCUT2D eigenvalue weighted by molar-refractivity contribution is -0.0527. The Morgan fingerprint density at radius 1 is 0.667 bits per heavy atom. The first-order valence-electron chi connectivity index (χ1n) is 9.23. The lowest BCUT2D eigenvalue weighted by atomic mass is 10.2. The highest BCUT2D eigenvalue weighted by Crippen LogP contribution is 2.33. The Bertz CT molecular complexity index is 1110. The zero-order valence-electron chi connectivity index (χ0n) is 17.1. The summed E-state index contributed by atoms with van der Waals surface area (Å²) >= 11 is 0. The van der Waals surface area contributed by atoms with Gasteiger partial charge in [-0.15, -0.1) is 0 Å². The molecule has 0 aliphatic carbocycles. The number of rotatable bonds is 8. The van der Waals surface area contributed by atoms with Gasteiger partial charge in [0.15, 0.2) is 0 Å². The first-order valence-corrected chi connectivity index (χ1v) is 13.9. The molecule has 33 heavy (non-hydrogen) atoms. The molecule has 2 aromatic rings. The van der Waals surface area contributed by atoms with Crippen LogP contribution in [0.3, 0.4) is 0 Å². The fraction of sp³-hybridized carbons (Fsp3) is 0.333. The Balaban J connectivity index is 3.09. The molecule has 2 rings (SSSR count). The summed E-state index contributed by atoms with van der Waals surface area (Å²) in [4.78, 5) is 0. The smallest absolute Gasteiger partial charge is 0.267 e. The van der Waals surface area contributed by atoms with Crippen molar-refractivity contribution in [2.45, 2.75) is 37.7 Å². The lowest BCUT2D eigenvalue weighted by Gasteiger charge is -2.33. The molecule has 0 saturated carbocycles. The second kappa shape index (κ2) is 9.36. The van der Waals surface area contributed by atoms with Crippen molar-refractivity contribution in [2.75, 3.05) is 0 Å². The maximum atomic E-state index is 13.3. The molecular weight excluding hydrogens is 518 g/mol. The maximum absolute atomic E-state index is 13.3. The fourth-order valence-electron chi connectivity index (χ4n) is 3.04. The molecule has 0 aliphatic heterocycles. The third-order valence-electron chi connectivity index (χ3n) is 4.53. The molecule has 0 atom stereocenters. The first-order chi connectivity index (χ1) is 15.0. The van der Waals surface area contributed by atoms with Gasteiger partial charge < -0.3 is 0 Å². The van der Waals surface area contributed by atoms with Crippen molar-refractivity contribution < 1.29 is 50.9 Å². The predicted molar refractivity (Wildman–Crippen MR) is 109 cm³/mol. The van der Waals surface area contributed by atoms with Gasteiger partial charge in [-0.25, -0.2) is 0 Å². The van der Waals surface area contributed by atoms with Crippen LogP contribution in [0.15, 0.2) is 48.5 Å². The van der Waals surface area contributed by atoms with Crippen LogP contribution in [-0.2, 0) is 40.8 Å². The Morgan fingerprint density at radius 3 is 1.24 bits per heavy atom. The summed E-state index contributed by atoms with van der Waals surface area (Å²) in [6, 6.07) is 9.74. The van der Waals surface area contributed by atoms with Gasteiger partial charge in [-0.2, -0.15) is 43.2 Å². The summed E-state index contributed by atoms with van der Waals surface area (Å²) in [6.07, 6.45) is -0.0197. The highest BCUT2D eigenvalue weighted by Gasteiger charge is 2.62. The molecule has 0 aromatic heterocycles. The van der Waals surface area contributed by atoms with Crippen LogP contribution in [0.4, 0.5) is 26.3 Å². The number of hydrogen-bond acceptors (Lipinski definition) is 6. The van der Waals surface area contributed by atoms with Gasteiger partial charge in [-0.1, -0.05) is 62.4 Å². The molecule has 0 fully saturated rings. The van der Waals surface area contributed by atoms with Crippen molar-refractivity contribution >= 4 is 39.2 Å². The maximum Gasteiger partial charge on any atom is 0.522 e. The molecule has 0 amide bonds. The van der Waals surface area contributed by atoms with Crippen LogP contribution in [0.2, 0.25) is 0 Å². The molecule has 15 heteroatoms. The van der Waals surface area contributed by atoms with E-state index in [1.54, 1.807) is 0 Å². The quantitative estimate of drug-likeness (QED) is 0.293. The van der Waals surface area contributed by atoms with Crippen LogP contribution in [0.25, 0.3) is 0 Å². The van der Waals surface area contributed by atoms with Crippen LogP contribution in [0.1, 0.15) is 25.0 Å². The summed E-state index contributed by atoms with van der Waals surface area (Å²) in [5.74, 6) is 0. The highest BCUT2D eigenvalue weighted by atomic mass is 32.2. The number of aryl methyl sites for hydroxylation is 2. The molecule has 0 heterocycles. The summed E-state index contributed by atoms with van der Waals surface area (Å²) in [5, 5.41) is -1.04. The average molecular weight is 537 g/mol. The van der Waals surface area contributed by atoms with E-state index in [0.717, 1.165) is 12.1 Å². The first kappa shape index (κ1) is 27.3. The second-order valence-corrected chi connectivity index (χ2v) is 13.0. The van der Waals surface area contributed by atoms with Crippen molar-refractivity contribution in [2.24, 2.45) is 0 Å². The van der Waals surface area contributed by atoms with Crippen LogP contribution in [-0.4, -0.2) is 36.4 Å². The number of benzene rings is 2. The van der Waals surface area contributed by atoms with E-state index in [-0.39, 0.29) is 24.0 Å². The SMILES string of the molecule is CCc1ccccc1[Si](OS(=O)(=O)C(F)(F)F)(OS(=O)(=O)C(F)(F)F)c1ccccc1CC. The summed E-state index contributed by atoms with van der Waals surface area (Å²) in [6.45, 7) is 2.97. The van der Waals surface area contributed by atoms with E-state index >= 15 is 0 Å². The molecule has 0 N–H and O–H groups in total. The Hall–Kier alpha value is -1.94. The Kier molecular flexibility index (Phi) is 7.75. The molecule has 2 aromatic carbocycles. The third-order valence-corrected chi connectivity index (χ3v) is 11.7. The summed E-state index contributed by atoms with van der Waals surface area (Å²) in [7, 11) is -19.0. The molecule has 0 aliphatic rings. The Labute approximate surface area is 187 Å². The minimum absolute atomic E-state index is 0.00985. The van der Waals surface area contributed by atoms with Gasteiger partial charge in [0.1, 0.15) is 0 Å². The van der Waals surface area contributed by atoms with E-state index in [9.17, 15) is 43.2 Å². The number of alkyl halides is 6. The second-order valence-electron chi connectivity index (χ2n) is 6.60. The van der Waals surface area contributed by atoms with Gasteiger partial charge in [0.2, 0.25) is 0 Å². The van der Waals surface area contributed by atoms with E-state index in [2.05, 4.69) is 7.74 Å². The van der Waals surface area contributed by atoms with Crippen LogP contribution in [0, 0.1) is 0 Å². The highest BCUT2D eigenvalue weighted by molar-refractivity contribution is 7.90. The monoisotopic (exact) mass is 536 g/mol. The minimum atomic E-state index is -6.61.